The Morgan fingerprint density at radius 1 is 0.364 bits per heavy atom. The van der Waals surface area contributed by atoms with E-state index in [9.17, 15) is 0 Å². The monoisotopic (exact) mass is 324 g/mol. The van der Waals surface area contributed by atoms with Gasteiger partial charge in [0.05, 0.1) is 52.9 Å². The first-order chi connectivity index (χ1) is 10.9. The van der Waals surface area contributed by atoms with Crippen molar-refractivity contribution in [3.8, 4) is 0 Å². The molecule has 0 saturated heterocycles. The van der Waals surface area contributed by atoms with E-state index in [-0.39, 0.29) is 0 Å². The van der Waals surface area contributed by atoms with Gasteiger partial charge in [-0.2, -0.15) is 0 Å². The molecule has 0 aliphatic heterocycles. The zero-order valence-corrected chi connectivity index (χ0v) is 13.5. The van der Waals surface area contributed by atoms with Gasteiger partial charge in [-0.25, -0.2) is 11.8 Å². The lowest BCUT2D eigenvalue weighted by Gasteiger charge is -2.06. The van der Waals surface area contributed by atoms with Crippen LogP contribution in [-0.4, -0.2) is 66.1 Å². The van der Waals surface area contributed by atoms with Gasteiger partial charge in [0, 0.05) is 13.2 Å². The van der Waals surface area contributed by atoms with E-state index in [1.54, 1.807) is 0 Å². The number of nitrogens with two attached hydrogens (primary N) is 2. The van der Waals surface area contributed by atoms with Crippen LogP contribution in [0.2, 0.25) is 0 Å². The quantitative estimate of drug-likeness (QED) is 0.260. The van der Waals surface area contributed by atoms with E-state index >= 15 is 0 Å². The summed E-state index contributed by atoms with van der Waals surface area (Å²) in [6, 6.07) is 0. The number of unbranched alkanes of at least 4 members (excludes halogenated alkanes) is 3. The third-order valence-electron chi connectivity index (χ3n) is 2.76. The van der Waals surface area contributed by atoms with Crippen molar-refractivity contribution in [2.75, 3.05) is 66.1 Å². The lowest BCUT2D eigenvalue weighted by Crippen LogP contribution is -2.12. The number of rotatable bonds is 19. The summed E-state index contributed by atoms with van der Waals surface area (Å²) in [5.74, 6) is 9.73. The van der Waals surface area contributed by atoms with Crippen LogP contribution in [0.3, 0.4) is 0 Å². The molecule has 0 rings (SSSR count). The highest BCUT2D eigenvalue weighted by molar-refractivity contribution is 4.43. The SMILES string of the molecule is NOCCOCCOCCCCCCOCCOCCON. The molecule has 0 bridgehead atoms. The van der Waals surface area contributed by atoms with E-state index in [0.29, 0.717) is 52.9 Å². The van der Waals surface area contributed by atoms with E-state index in [1.165, 1.54) is 0 Å². The number of ether oxygens (including phenoxy) is 4. The molecule has 0 fully saturated rings. The highest BCUT2D eigenvalue weighted by Gasteiger charge is 1.94. The molecule has 0 heterocycles. The van der Waals surface area contributed by atoms with E-state index in [4.69, 9.17) is 30.7 Å². The number of hydrogen-bond acceptors (Lipinski definition) is 8. The first-order valence-corrected chi connectivity index (χ1v) is 7.86. The largest absolute Gasteiger partial charge is 0.379 e. The Kier molecular flexibility index (Phi) is 20.4. The van der Waals surface area contributed by atoms with E-state index in [0.717, 1.165) is 38.9 Å². The van der Waals surface area contributed by atoms with Crippen molar-refractivity contribution in [3.05, 3.63) is 0 Å². The molecular formula is C14H32N2O6. The zero-order chi connectivity index (χ0) is 16.1. The highest BCUT2D eigenvalue weighted by atomic mass is 16.6. The van der Waals surface area contributed by atoms with Crippen molar-refractivity contribution in [1.82, 2.24) is 0 Å². The molecule has 22 heavy (non-hydrogen) atoms. The number of hydrogen-bond donors (Lipinski definition) is 2. The Morgan fingerprint density at radius 2 is 0.682 bits per heavy atom. The molecule has 0 amide bonds. The van der Waals surface area contributed by atoms with Gasteiger partial charge in [0.25, 0.3) is 0 Å². The van der Waals surface area contributed by atoms with Crippen LogP contribution in [0.1, 0.15) is 25.7 Å². The summed E-state index contributed by atoms with van der Waals surface area (Å²) >= 11 is 0. The second-order valence-corrected chi connectivity index (χ2v) is 4.61. The van der Waals surface area contributed by atoms with Crippen LogP contribution in [0.4, 0.5) is 0 Å². The highest BCUT2D eigenvalue weighted by Crippen LogP contribution is 2.00. The van der Waals surface area contributed by atoms with Gasteiger partial charge in [0.1, 0.15) is 0 Å². The topological polar surface area (TPSA) is 107 Å². The third kappa shape index (κ3) is 19.7. The predicted molar refractivity (Wildman–Crippen MR) is 82.0 cm³/mol. The summed E-state index contributed by atoms with van der Waals surface area (Å²) in [4.78, 5) is 8.76. The van der Waals surface area contributed by atoms with Crippen molar-refractivity contribution in [3.63, 3.8) is 0 Å². The van der Waals surface area contributed by atoms with Gasteiger partial charge in [-0.15, -0.1) is 0 Å². The minimum absolute atomic E-state index is 0.413. The lowest BCUT2D eigenvalue weighted by atomic mass is 10.2. The van der Waals surface area contributed by atoms with E-state index in [1.807, 2.05) is 0 Å². The van der Waals surface area contributed by atoms with Crippen molar-refractivity contribution < 1.29 is 28.6 Å². The molecule has 0 aliphatic carbocycles. The maximum Gasteiger partial charge on any atom is 0.0913 e. The van der Waals surface area contributed by atoms with Crippen LogP contribution in [0, 0.1) is 0 Å². The molecule has 0 radical (unpaired) electrons. The minimum atomic E-state index is 0.413. The summed E-state index contributed by atoms with van der Waals surface area (Å²) in [5.41, 5.74) is 0. The molecular weight excluding hydrogens is 292 g/mol. The van der Waals surface area contributed by atoms with Gasteiger partial charge in [-0.1, -0.05) is 12.8 Å². The fraction of sp³-hybridized carbons (Fsp3) is 1.00. The minimum Gasteiger partial charge on any atom is -0.379 e. The van der Waals surface area contributed by atoms with Gasteiger partial charge in [0.2, 0.25) is 0 Å². The van der Waals surface area contributed by atoms with Crippen LogP contribution in [0.5, 0.6) is 0 Å². The summed E-state index contributed by atoms with van der Waals surface area (Å²) in [6.45, 7) is 5.77. The summed E-state index contributed by atoms with van der Waals surface area (Å²) in [6.07, 6.45) is 4.42. The summed E-state index contributed by atoms with van der Waals surface area (Å²) in [7, 11) is 0. The fourth-order valence-corrected chi connectivity index (χ4v) is 1.62. The maximum absolute atomic E-state index is 5.44. The van der Waals surface area contributed by atoms with Crippen LogP contribution < -0.4 is 11.8 Å². The average molecular weight is 324 g/mol. The summed E-state index contributed by atoms with van der Waals surface area (Å²) in [5, 5.41) is 0. The van der Waals surface area contributed by atoms with Gasteiger partial charge in [-0.3, -0.25) is 0 Å². The van der Waals surface area contributed by atoms with Crippen LogP contribution in [-0.2, 0) is 28.6 Å². The molecule has 0 aromatic heterocycles. The van der Waals surface area contributed by atoms with Gasteiger partial charge in [-0.05, 0) is 12.8 Å². The van der Waals surface area contributed by atoms with Gasteiger partial charge < -0.3 is 28.6 Å². The summed E-state index contributed by atoms with van der Waals surface area (Å²) < 4.78 is 21.3. The van der Waals surface area contributed by atoms with Crippen molar-refractivity contribution >= 4 is 0 Å². The molecule has 0 aliphatic rings. The molecule has 8 nitrogen and oxygen atoms in total. The first-order valence-electron chi connectivity index (χ1n) is 7.86. The molecule has 0 aromatic carbocycles. The predicted octanol–water partition coefficient (Wildman–Crippen LogP) is 0.394. The Hall–Kier alpha value is -0.320. The molecule has 8 heteroatoms. The Morgan fingerprint density at radius 3 is 1.05 bits per heavy atom. The average Bonchev–Trinajstić information content (AvgIpc) is 2.54. The Bertz CT molecular complexity index is 180. The van der Waals surface area contributed by atoms with Crippen LogP contribution in [0.25, 0.3) is 0 Å². The molecule has 0 saturated carbocycles. The molecule has 134 valence electrons. The van der Waals surface area contributed by atoms with Gasteiger partial charge >= 0.3 is 0 Å². The second kappa shape index (κ2) is 20.7. The Balaban J connectivity index is 2.91. The molecule has 4 N–H and O–H groups in total. The van der Waals surface area contributed by atoms with E-state index < -0.39 is 0 Å². The fourth-order valence-electron chi connectivity index (χ4n) is 1.62. The van der Waals surface area contributed by atoms with Crippen LogP contribution >= 0.6 is 0 Å². The second-order valence-electron chi connectivity index (χ2n) is 4.61. The molecule has 0 atom stereocenters. The normalized spacial score (nSPS) is 11.2. The van der Waals surface area contributed by atoms with E-state index in [2.05, 4.69) is 9.68 Å². The standard InChI is InChI=1S/C14H32N2O6/c15-21-13-11-19-9-7-17-5-3-1-2-4-6-18-8-10-20-12-14-22-16/h1-16H2. The van der Waals surface area contributed by atoms with Gasteiger partial charge in [0.15, 0.2) is 0 Å². The molecule has 0 aromatic rings. The van der Waals surface area contributed by atoms with Crippen molar-refractivity contribution in [2.45, 2.75) is 25.7 Å². The first kappa shape index (κ1) is 21.7. The van der Waals surface area contributed by atoms with Crippen molar-refractivity contribution in [1.29, 1.82) is 0 Å². The smallest absolute Gasteiger partial charge is 0.0913 e. The Labute approximate surface area is 133 Å². The zero-order valence-electron chi connectivity index (χ0n) is 13.5. The van der Waals surface area contributed by atoms with Crippen LogP contribution in [0.15, 0.2) is 0 Å². The molecule has 0 spiro atoms. The lowest BCUT2D eigenvalue weighted by molar-refractivity contribution is 0.0120. The third-order valence-corrected chi connectivity index (χ3v) is 2.76. The maximum atomic E-state index is 5.44. The van der Waals surface area contributed by atoms with Crippen molar-refractivity contribution in [2.24, 2.45) is 11.8 Å². The molecule has 0 unspecified atom stereocenters.